The molecule has 104 valence electrons. The van der Waals surface area contributed by atoms with E-state index in [-0.39, 0.29) is 6.54 Å². The Balaban J connectivity index is 2.05. The van der Waals surface area contributed by atoms with Crippen molar-refractivity contribution in [3.05, 3.63) is 30.2 Å². The second-order valence-electron chi connectivity index (χ2n) is 5.57. The van der Waals surface area contributed by atoms with Crippen LogP contribution in [0.25, 0.3) is 5.57 Å². The van der Waals surface area contributed by atoms with E-state index >= 15 is 0 Å². The Morgan fingerprint density at radius 2 is 2.26 bits per heavy atom. The van der Waals surface area contributed by atoms with Crippen LogP contribution in [0.4, 0.5) is 4.79 Å². The summed E-state index contributed by atoms with van der Waals surface area (Å²) < 4.78 is 10.3. The lowest BCUT2D eigenvalue weighted by atomic mass is 10.00. The van der Waals surface area contributed by atoms with E-state index < -0.39 is 17.8 Å². The number of carbonyl (C=O) groups excluding carboxylic acids is 1. The van der Waals surface area contributed by atoms with E-state index in [9.17, 15) is 9.90 Å². The Kier molecular flexibility index (Phi) is 3.66. The van der Waals surface area contributed by atoms with Gasteiger partial charge in [-0.05, 0) is 32.4 Å². The van der Waals surface area contributed by atoms with Gasteiger partial charge in [-0.1, -0.05) is 6.08 Å². The van der Waals surface area contributed by atoms with E-state index in [1.54, 1.807) is 18.6 Å². The van der Waals surface area contributed by atoms with Gasteiger partial charge in [-0.25, -0.2) is 4.79 Å². The van der Waals surface area contributed by atoms with Crippen molar-refractivity contribution in [3.63, 3.8) is 0 Å². The van der Waals surface area contributed by atoms with Gasteiger partial charge in [-0.15, -0.1) is 0 Å². The van der Waals surface area contributed by atoms with E-state index in [1.807, 2.05) is 26.8 Å². The van der Waals surface area contributed by atoms with Crippen LogP contribution in [-0.2, 0) is 4.74 Å². The molecule has 0 spiro atoms. The second-order valence-corrected chi connectivity index (χ2v) is 5.57. The quantitative estimate of drug-likeness (QED) is 0.846. The predicted octanol–water partition coefficient (Wildman–Crippen LogP) is 2.27. The van der Waals surface area contributed by atoms with Gasteiger partial charge in [0.25, 0.3) is 0 Å². The molecule has 0 bridgehead atoms. The monoisotopic (exact) mass is 265 g/mol. The van der Waals surface area contributed by atoms with Gasteiger partial charge in [0.1, 0.15) is 5.60 Å². The molecule has 5 nitrogen and oxygen atoms in total. The molecule has 1 N–H and O–H groups in total. The van der Waals surface area contributed by atoms with E-state index in [0.29, 0.717) is 6.54 Å². The highest BCUT2D eigenvalue weighted by Gasteiger charge is 2.28. The first-order valence-electron chi connectivity index (χ1n) is 6.25. The van der Waals surface area contributed by atoms with Crippen LogP contribution in [0, 0.1) is 0 Å². The van der Waals surface area contributed by atoms with Crippen molar-refractivity contribution in [2.45, 2.75) is 32.5 Å². The Morgan fingerprint density at radius 1 is 1.53 bits per heavy atom. The summed E-state index contributed by atoms with van der Waals surface area (Å²) in [5.41, 5.74) is 1.10. The number of furan rings is 1. The van der Waals surface area contributed by atoms with Gasteiger partial charge < -0.3 is 19.2 Å². The molecule has 1 aromatic rings. The third-order valence-electron chi connectivity index (χ3n) is 2.79. The smallest absolute Gasteiger partial charge is 0.410 e. The lowest BCUT2D eigenvalue weighted by Gasteiger charge is -2.31. The molecule has 1 aliphatic heterocycles. The summed E-state index contributed by atoms with van der Waals surface area (Å²) in [6.45, 7) is 6.10. The number of hydrogen-bond acceptors (Lipinski definition) is 4. The summed E-state index contributed by atoms with van der Waals surface area (Å²) in [6.07, 6.45) is 3.83. The van der Waals surface area contributed by atoms with Crippen LogP contribution in [0.15, 0.2) is 29.1 Å². The van der Waals surface area contributed by atoms with Crippen molar-refractivity contribution in [2.24, 2.45) is 0 Å². The van der Waals surface area contributed by atoms with Crippen LogP contribution in [0.2, 0.25) is 0 Å². The SMILES string of the molecule is CC(C)(C)OC(=O)N1CC=C(c2ccoc2)C(O)C1. The maximum atomic E-state index is 11.9. The zero-order valence-corrected chi connectivity index (χ0v) is 11.4. The first kappa shape index (κ1) is 13.7. The highest BCUT2D eigenvalue weighted by atomic mass is 16.6. The lowest BCUT2D eigenvalue weighted by Crippen LogP contribution is -2.43. The summed E-state index contributed by atoms with van der Waals surface area (Å²) in [7, 11) is 0. The average Bonchev–Trinajstić information content (AvgIpc) is 2.79. The van der Waals surface area contributed by atoms with Crippen LogP contribution in [0.3, 0.4) is 0 Å². The maximum absolute atomic E-state index is 11.9. The van der Waals surface area contributed by atoms with Crippen molar-refractivity contribution in [3.8, 4) is 0 Å². The largest absolute Gasteiger partial charge is 0.472 e. The van der Waals surface area contributed by atoms with E-state index in [4.69, 9.17) is 9.15 Å². The Hall–Kier alpha value is -1.75. The standard InChI is InChI=1S/C14H19NO4/c1-14(2,3)19-13(17)15-6-4-11(12(16)8-15)10-5-7-18-9-10/h4-5,7,9,12,16H,6,8H2,1-3H3. The number of aliphatic hydroxyl groups is 1. The molecule has 1 aliphatic rings. The fraction of sp³-hybridized carbons (Fsp3) is 0.500. The summed E-state index contributed by atoms with van der Waals surface area (Å²) in [5, 5.41) is 10.1. The molecule has 0 radical (unpaired) electrons. The van der Waals surface area contributed by atoms with Crippen LogP contribution in [0.5, 0.6) is 0 Å². The van der Waals surface area contributed by atoms with Crippen molar-refractivity contribution in [2.75, 3.05) is 13.1 Å². The van der Waals surface area contributed by atoms with Gasteiger partial charge >= 0.3 is 6.09 Å². The number of ether oxygens (including phenoxy) is 1. The zero-order valence-electron chi connectivity index (χ0n) is 11.4. The highest BCUT2D eigenvalue weighted by Crippen LogP contribution is 2.24. The van der Waals surface area contributed by atoms with Gasteiger partial charge in [0, 0.05) is 12.1 Å². The molecule has 2 heterocycles. The Labute approximate surface area is 112 Å². The number of amides is 1. The minimum absolute atomic E-state index is 0.228. The van der Waals surface area contributed by atoms with Crippen molar-refractivity contribution >= 4 is 11.7 Å². The number of carbonyl (C=O) groups is 1. The van der Waals surface area contributed by atoms with Crippen LogP contribution < -0.4 is 0 Å². The highest BCUT2D eigenvalue weighted by molar-refractivity contribution is 5.74. The van der Waals surface area contributed by atoms with Crippen molar-refractivity contribution in [1.29, 1.82) is 0 Å². The first-order chi connectivity index (χ1) is 8.87. The second kappa shape index (κ2) is 5.09. The molecule has 1 atom stereocenters. The Morgan fingerprint density at radius 3 is 2.79 bits per heavy atom. The molecule has 19 heavy (non-hydrogen) atoms. The molecule has 0 aliphatic carbocycles. The fourth-order valence-electron chi connectivity index (χ4n) is 1.94. The minimum Gasteiger partial charge on any atom is -0.472 e. The van der Waals surface area contributed by atoms with Crippen molar-refractivity contribution in [1.82, 2.24) is 4.90 Å². The van der Waals surface area contributed by atoms with Gasteiger partial charge in [0.2, 0.25) is 0 Å². The molecule has 0 saturated heterocycles. The molecule has 1 aromatic heterocycles. The summed E-state index contributed by atoms with van der Waals surface area (Å²) >= 11 is 0. The predicted molar refractivity (Wildman–Crippen MR) is 70.5 cm³/mol. The van der Waals surface area contributed by atoms with E-state index in [2.05, 4.69) is 0 Å². The maximum Gasteiger partial charge on any atom is 0.410 e. The molecular weight excluding hydrogens is 246 g/mol. The lowest BCUT2D eigenvalue weighted by molar-refractivity contribution is 0.0198. The van der Waals surface area contributed by atoms with Gasteiger partial charge in [0.05, 0.1) is 25.2 Å². The summed E-state index contributed by atoms with van der Waals surface area (Å²) in [4.78, 5) is 13.4. The molecule has 2 rings (SSSR count). The average molecular weight is 265 g/mol. The third-order valence-corrected chi connectivity index (χ3v) is 2.79. The fourth-order valence-corrected chi connectivity index (χ4v) is 1.94. The van der Waals surface area contributed by atoms with Crippen LogP contribution in [-0.4, -0.2) is 40.9 Å². The van der Waals surface area contributed by atoms with Gasteiger partial charge in [-0.3, -0.25) is 0 Å². The molecule has 0 aromatic carbocycles. The minimum atomic E-state index is -0.723. The summed E-state index contributed by atoms with van der Waals surface area (Å²) in [6, 6.07) is 1.79. The molecule has 0 saturated carbocycles. The zero-order chi connectivity index (χ0) is 14.0. The number of nitrogens with zero attached hydrogens (tertiary/aromatic N) is 1. The van der Waals surface area contributed by atoms with Crippen LogP contribution in [0.1, 0.15) is 26.3 Å². The van der Waals surface area contributed by atoms with E-state index in [0.717, 1.165) is 11.1 Å². The molecule has 0 fully saturated rings. The Bertz CT molecular complexity index is 470. The van der Waals surface area contributed by atoms with Crippen molar-refractivity contribution < 1.29 is 19.1 Å². The van der Waals surface area contributed by atoms with E-state index in [1.165, 1.54) is 4.90 Å². The number of rotatable bonds is 1. The van der Waals surface area contributed by atoms with Crippen LogP contribution >= 0.6 is 0 Å². The topological polar surface area (TPSA) is 62.9 Å². The first-order valence-corrected chi connectivity index (χ1v) is 6.25. The third kappa shape index (κ3) is 3.38. The summed E-state index contributed by atoms with van der Waals surface area (Å²) in [5.74, 6) is 0. The molecule has 1 amide bonds. The number of aliphatic hydroxyl groups excluding tert-OH is 1. The molecular formula is C14H19NO4. The molecule has 1 unspecified atom stereocenters. The van der Waals surface area contributed by atoms with Gasteiger partial charge in [0.15, 0.2) is 0 Å². The molecule has 5 heteroatoms. The normalized spacial score (nSPS) is 20.1. The van der Waals surface area contributed by atoms with Gasteiger partial charge in [-0.2, -0.15) is 0 Å². The number of β-amino-alcohol motifs (C(OH)–C–C–N with tert-alkyl or cyclic N) is 1. The number of hydrogen-bond donors (Lipinski definition) is 1.